The van der Waals surface area contributed by atoms with Gasteiger partial charge in [-0.2, -0.15) is 4.98 Å². The number of benzene rings is 1. The summed E-state index contributed by atoms with van der Waals surface area (Å²) >= 11 is 9.03. The Morgan fingerprint density at radius 2 is 2.18 bits per heavy atom. The molecular formula is C11H8BrClFN3. The minimum atomic E-state index is -0.553. The molecule has 3 nitrogen and oxygen atoms in total. The summed E-state index contributed by atoms with van der Waals surface area (Å²) in [5.74, 6) is -0.501. The molecule has 0 saturated carbocycles. The van der Waals surface area contributed by atoms with Crippen LogP contribution in [0.4, 0.5) is 15.9 Å². The molecule has 0 aliphatic heterocycles. The number of halogens is 3. The molecule has 1 heterocycles. The monoisotopic (exact) mass is 315 g/mol. The summed E-state index contributed by atoms with van der Waals surface area (Å²) in [6, 6.07) is 5.62. The first-order chi connectivity index (χ1) is 8.08. The summed E-state index contributed by atoms with van der Waals surface area (Å²) in [4.78, 5) is 7.33. The highest BCUT2D eigenvalue weighted by Crippen LogP contribution is 2.28. The average molecular weight is 317 g/mol. The quantitative estimate of drug-likeness (QED) is 0.848. The number of anilines is 2. The van der Waals surface area contributed by atoms with Gasteiger partial charge in [-0.05, 0) is 46.1 Å². The van der Waals surface area contributed by atoms with E-state index in [1.165, 1.54) is 0 Å². The fraction of sp³-hybridized carbons (Fsp3) is 0.0909. The maximum atomic E-state index is 13.4. The molecule has 6 heteroatoms. The summed E-state index contributed by atoms with van der Waals surface area (Å²) in [7, 11) is 0. The Morgan fingerprint density at radius 3 is 2.94 bits per heavy atom. The molecule has 0 radical (unpaired) electrons. The Kier molecular flexibility index (Phi) is 3.59. The van der Waals surface area contributed by atoms with E-state index in [0.717, 1.165) is 21.9 Å². The third-order valence-corrected chi connectivity index (χ3v) is 3.39. The molecule has 0 bridgehead atoms. The molecule has 0 aliphatic carbocycles. The molecule has 2 aromatic rings. The normalized spacial score (nSPS) is 10.4. The summed E-state index contributed by atoms with van der Waals surface area (Å²) in [5, 5.41) is 2.86. The van der Waals surface area contributed by atoms with Crippen LogP contribution in [0.3, 0.4) is 0 Å². The van der Waals surface area contributed by atoms with Crippen LogP contribution in [0.5, 0.6) is 0 Å². The first kappa shape index (κ1) is 12.3. The van der Waals surface area contributed by atoms with E-state index < -0.39 is 5.82 Å². The first-order valence-corrected chi connectivity index (χ1v) is 5.95. The Hall–Kier alpha value is -1.20. The Bertz CT molecular complexity index is 562. The smallest absolute Gasteiger partial charge is 0.224 e. The van der Waals surface area contributed by atoms with Crippen LogP contribution in [0.1, 0.15) is 5.56 Å². The standard InChI is InChI=1S/C11H8BrClFN3/c1-6-3-2-4-8(9(6)12)16-10-7(14)5-15-11(13)17-10/h2-5H,1H3,(H,15,16,17). The van der Waals surface area contributed by atoms with E-state index >= 15 is 0 Å². The molecule has 0 atom stereocenters. The number of hydrogen-bond donors (Lipinski definition) is 1. The lowest BCUT2D eigenvalue weighted by Crippen LogP contribution is -1.99. The van der Waals surface area contributed by atoms with Gasteiger partial charge in [0.15, 0.2) is 11.6 Å². The molecule has 88 valence electrons. The number of nitrogens with zero attached hydrogens (tertiary/aromatic N) is 2. The first-order valence-electron chi connectivity index (χ1n) is 4.78. The Morgan fingerprint density at radius 1 is 1.41 bits per heavy atom. The fourth-order valence-corrected chi connectivity index (χ4v) is 1.80. The van der Waals surface area contributed by atoms with Crippen LogP contribution in [0.25, 0.3) is 0 Å². The lowest BCUT2D eigenvalue weighted by atomic mass is 10.2. The van der Waals surface area contributed by atoms with Crippen LogP contribution in [0.15, 0.2) is 28.9 Å². The van der Waals surface area contributed by atoms with E-state index in [9.17, 15) is 4.39 Å². The molecule has 0 fully saturated rings. The predicted octanol–water partition coefficient (Wildman–Crippen LogP) is 4.08. The number of aromatic nitrogens is 2. The van der Waals surface area contributed by atoms with Gasteiger partial charge < -0.3 is 5.32 Å². The highest BCUT2D eigenvalue weighted by molar-refractivity contribution is 9.10. The van der Waals surface area contributed by atoms with E-state index in [1.807, 2.05) is 25.1 Å². The Balaban J connectivity index is 2.38. The zero-order valence-electron chi connectivity index (χ0n) is 8.84. The van der Waals surface area contributed by atoms with Crippen molar-refractivity contribution in [3.63, 3.8) is 0 Å². The van der Waals surface area contributed by atoms with Gasteiger partial charge in [0.05, 0.1) is 11.9 Å². The third-order valence-electron chi connectivity index (χ3n) is 2.16. The Labute approximate surface area is 111 Å². The van der Waals surface area contributed by atoms with Crippen LogP contribution in [0, 0.1) is 12.7 Å². The number of rotatable bonds is 2. The van der Waals surface area contributed by atoms with Crippen molar-refractivity contribution in [3.05, 3.63) is 45.5 Å². The van der Waals surface area contributed by atoms with Gasteiger partial charge >= 0.3 is 0 Å². The van der Waals surface area contributed by atoms with Crippen molar-refractivity contribution in [2.24, 2.45) is 0 Å². The van der Waals surface area contributed by atoms with E-state index in [0.29, 0.717) is 0 Å². The minimum Gasteiger partial charge on any atom is -0.337 e. The lowest BCUT2D eigenvalue weighted by molar-refractivity contribution is 0.619. The van der Waals surface area contributed by atoms with E-state index in [2.05, 4.69) is 31.2 Å². The molecular weight excluding hydrogens is 308 g/mol. The van der Waals surface area contributed by atoms with Crippen molar-refractivity contribution < 1.29 is 4.39 Å². The van der Waals surface area contributed by atoms with Crippen molar-refractivity contribution >= 4 is 39.0 Å². The highest BCUT2D eigenvalue weighted by atomic mass is 79.9. The van der Waals surface area contributed by atoms with Gasteiger partial charge in [-0.1, -0.05) is 12.1 Å². The molecule has 0 spiro atoms. The van der Waals surface area contributed by atoms with Crippen molar-refractivity contribution in [1.82, 2.24) is 9.97 Å². The van der Waals surface area contributed by atoms with Gasteiger partial charge in [0.1, 0.15) is 0 Å². The van der Waals surface area contributed by atoms with Crippen LogP contribution < -0.4 is 5.32 Å². The van der Waals surface area contributed by atoms with Crippen molar-refractivity contribution in [2.75, 3.05) is 5.32 Å². The zero-order chi connectivity index (χ0) is 12.4. The summed E-state index contributed by atoms with van der Waals surface area (Å²) in [6.45, 7) is 1.94. The molecule has 0 amide bonds. The zero-order valence-corrected chi connectivity index (χ0v) is 11.2. The number of nitrogens with one attached hydrogen (secondary N) is 1. The van der Waals surface area contributed by atoms with E-state index in [1.54, 1.807) is 0 Å². The average Bonchev–Trinajstić information content (AvgIpc) is 2.30. The molecule has 1 N–H and O–H groups in total. The number of hydrogen-bond acceptors (Lipinski definition) is 3. The second kappa shape index (κ2) is 4.98. The summed E-state index contributed by atoms with van der Waals surface area (Å²) in [6.07, 6.45) is 1.03. The van der Waals surface area contributed by atoms with Crippen LogP contribution in [-0.2, 0) is 0 Å². The van der Waals surface area contributed by atoms with Gasteiger partial charge in [-0.25, -0.2) is 9.37 Å². The predicted molar refractivity (Wildman–Crippen MR) is 69.2 cm³/mol. The summed E-state index contributed by atoms with van der Waals surface area (Å²) < 4.78 is 14.3. The van der Waals surface area contributed by atoms with Crippen LogP contribution >= 0.6 is 27.5 Å². The maximum absolute atomic E-state index is 13.4. The molecule has 0 saturated heterocycles. The van der Waals surface area contributed by atoms with Crippen molar-refractivity contribution in [1.29, 1.82) is 0 Å². The highest BCUT2D eigenvalue weighted by Gasteiger charge is 2.08. The van der Waals surface area contributed by atoms with Gasteiger partial charge in [0.2, 0.25) is 5.28 Å². The van der Waals surface area contributed by atoms with E-state index in [4.69, 9.17) is 11.6 Å². The van der Waals surface area contributed by atoms with E-state index in [-0.39, 0.29) is 11.1 Å². The molecule has 0 aliphatic rings. The molecule has 0 unspecified atom stereocenters. The van der Waals surface area contributed by atoms with Gasteiger partial charge in [-0.3, -0.25) is 0 Å². The summed E-state index contributed by atoms with van der Waals surface area (Å²) in [5.41, 5.74) is 1.76. The molecule has 17 heavy (non-hydrogen) atoms. The number of aryl methyl sites for hydroxylation is 1. The SMILES string of the molecule is Cc1cccc(Nc2nc(Cl)ncc2F)c1Br. The maximum Gasteiger partial charge on any atom is 0.224 e. The van der Waals surface area contributed by atoms with Gasteiger partial charge in [0, 0.05) is 4.47 Å². The van der Waals surface area contributed by atoms with Gasteiger partial charge in [0.25, 0.3) is 0 Å². The second-order valence-electron chi connectivity index (χ2n) is 3.40. The largest absolute Gasteiger partial charge is 0.337 e. The van der Waals surface area contributed by atoms with Gasteiger partial charge in [-0.15, -0.1) is 0 Å². The van der Waals surface area contributed by atoms with Crippen LogP contribution in [-0.4, -0.2) is 9.97 Å². The minimum absolute atomic E-state index is 0.00215. The lowest BCUT2D eigenvalue weighted by Gasteiger charge is -2.09. The van der Waals surface area contributed by atoms with Crippen LogP contribution in [0.2, 0.25) is 5.28 Å². The third kappa shape index (κ3) is 2.73. The molecule has 1 aromatic heterocycles. The molecule has 1 aromatic carbocycles. The topological polar surface area (TPSA) is 37.8 Å². The fourth-order valence-electron chi connectivity index (χ4n) is 1.30. The second-order valence-corrected chi connectivity index (χ2v) is 4.53. The van der Waals surface area contributed by atoms with Crippen molar-refractivity contribution in [3.8, 4) is 0 Å². The van der Waals surface area contributed by atoms with Crippen molar-refractivity contribution in [2.45, 2.75) is 6.92 Å². The molecule has 2 rings (SSSR count).